The highest BCUT2D eigenvalue weighted by atomic mass is 79.9. The second-order valence-corrected chi connectivity index (χ2v) is 4.94. The van der Waals surface area contributed by atoms with Crippen molar-refractivity contribution >= 4 is 15.9 Å². The lowest BCUT2D eigenvalue weighted by Crippen LogP contribution is -2.00. The van der Waals surface area contributed by atoms with Gasteiger partial charge in [-0.3, -0.25) is 0 Å². The van der Waals surface area contributed by atoms with Crippen LogP contribution in [0, 0.1) is 12.7 Å². The summed E-state index contributed by atoms with van der Waals surface area (Å²) in [6.45, 7) is 1.84. The molecule has 0 N–H and O–H groups in total. The third kappa shape index (κ3) is 2.61. The fourth-order valence-electron chi connectivity index (χ4n) is 1.89. The molecule has 0 spiro atoms. The summed E-state index contributed by atoms with van der Waals surface area (Å²) >= 11 is 3.49. The molecule has 0 aliphatic rings. The fourth-order valence-corrected chi connectivity index (χ4v) is 2.72. The van der Waals surface area contributed by atoms with Crippen molar-refractivity contribution in [2.45, 2.75) is 11.8 Å². The van der Waals surface area contributed by atoms with E-state index in [1.807, 2.05) is 13.0 Å². The second-order valence-electron chi connectivity index (χ2n) is 4.02. The Balaban J connectivity index is 2.48. The molecule has 0 bridgehead atoms. The van der Waals surface area contributed by atoms with Gasteiger partial charge in [0.1, 0.15) is 11.6 Å². The van der Waals surface area contributed by atoms with Crippen molar-refractivity contribution in [1.82, 2.24) is 0 Å². The van der Waals surface area contributed by atoms with Gasteiger partial charge in [-0.1, -0.05) is 15.9 Å². The minimum Gasteiger partial charge on any atom is -0.493 e. The Morgan fingerprint density at radius 1 is 1.16 bits per heavy atom. The second kappa shape index (κ2) is 5.65. The predicted molar refractivity (Wildman–Crippen MR) is 73.7 cm³/mol. The lowest BCUT2D eigenvalue weighted by molar-refractivity contribution is 0.351. The number of benzene rings is 1. The molecule has 19 heavy (non-hydrogen) atoms. The molecule has 0 saturated heterocycles. The number of alkyl halides is 1. The third-order valence-corrected chi connectivity index (χ3v) is 3.93. The highest BCUT2D eigenvalue weighted by molar-refractivity contribution is 9.09. The molecule has 3 nitrogen and oxygen atoms in total. The maximum atomic E-state index is 14.1. The van der Waals surface area contributed by atoms with E-state index >= 15 is 0 Å². The number of methoxy groups -OCH3 is 2. The lowest BCUT2D eigenvalue weighted by Gasteiger charge is -2.14. The van der Waals surface area contributed by atoms with Gasteiger partial charge in [-0.2, -0.15) is 0 Å². The molecule has 1 aromatic heterocycles. The van der Waals surface area contributed by atoms with Gasteiger partial charge in [0.15, 0.2) is 11.5 Å². The summed E-state index contributed by atoms with van der Waals surface area (Å²) in [5.41, 5.74) is 1.35. The lowest BCUT2D eigenvalue weighted by atomic mass is 10.0. The molecule has 5 heteroatoms. The van der Waals surface area contributed by atoms with Gasteiger partial charge in [0, 0.05) is 17.2 Å². The van der Waals surface area contributed by atoms with Crippen LogP contribution < -0.4 is 9.47 Å². The van der Waals surface area contributed by atoms with E-state index in [0.29, 0.717) is 17.1 Å². The summed E-state index contributed by atoms with van der Waals surface area (Å²) in [6, 6.07) is 4.75. The van der Waals surface area contributed by atoms with E-state index in [2.05, 4.69) is 15.9 Å². The van der Waals surface area contributed by atoms with Crippen molar-refractivity contribution in [1.29, 1.82) is 0 Å². The van der Waals surface area contributed by atoms with Crippen molar-refractivity contribution in [3.63, 3.8) is 0 Å². The Hall–Kier alpha value is -1.49. The summed E-state index contributed by atoms with van der Waals surface area (Å²) in [5.74, 6) is 1.24. The zero-order valence-electron chi connectivity index (χ0n) is 10.9. The maximum absolute atomic E-state index is 14.1. The van der Waals surface area contributed by atoms with Crippen LogP contribution in [0.25, 0.3) is 0 Å². The van der Waals surface area contributed by atoms with E-state index in [-0.39, 0.29) is 10.6 Å². The minimum atomic E-state index is -0.361. The molecule has 0 radical (unpaired) electrons. The summed E-state index contributed by atoms with van der Waals surface area (Å²) in [4.78, 5) is -0.300. The number of hydrogen-bond donors (Lipinski definition) is 0. The van der Waals surface area contributed by atoms with Gasteiger partial charge in [-0.15, -0.1) is 0 Å². The number of hydrogen-bond acceptors (Lipinski definition) is 3. The van der Waals surface area contributed by atoms with E-state index in [1.54, 1.807) is 12.3 Å². The molecule has 2 aromatic rings. The average molecular weight is 329 g/mol. The first-order chi connectivity index (χ1) is 9.08. The Morgan fingerprint density at radius 2 is 1.79 bits per heavy atom. The zero-order chi connectivity index (χ0) is 14.0. The number of aryl methyl sites for hydroxylation is 1. The summed E-state index contributed by atoms with van der Waals surface area (Å²) in [7, 11) is 2.99. The summed E-state index contributed by atoms with van der Waals surface area (Å²) in [5, 5.41) is 0. The van der Waals surface area contributed by atoms with E-state index in [0.717, 1.165) is 11.3 Å². The molecule has 1 unspecified atom stereocenters. The normalized spacial score (nSPS) is 12.3. The van der Waals surface area contributed by atoms with Crippen LogP contribution >= 0.6 is 15.9 Å². The summed E-state index contributed by atoms with van der Waals surface area (Å²) in [6.07, 6.45) is 1.58. The van der Waals surface area contributed by atoms with Gasteiger partial charge < -0.3 is 13.9 Å². The van der Waals surface area contributed by atoms with Crippen LogP contribution in [0.15, 0.2) is 28.9 Å². The first kappa shape index (κ1) is 13.9. The molecule has 2 rings (SSSR count). The summed E-state index contributed by atoms with van der Waals surface area (Å²) < 4.78 is 29.6. The Kier molecular flexibility index (Phi) is 4.14. The van der Waals surface area contributed by atoms with Crippen molar-refractivity contribution < 1.29 is 18.3 Å². The van der Waals surface area contributed by atoms with E-state index in [9.17, 15) is 4.39 Å². The van der Waals surface area contributed by atoms with E-state index in [1.165, 1.54) is 20.3 Å². The molecule has 1 aromatic carbocycles. The molecule has 0 aliphatic heterocycles. The molecular formula is C14H14BrFO3. The van der Waals surface area contributed by atoms with Crippen LogP contribution in [0.2, 0.25) is 0 Å². The van der Waals surface area contributed by atoms with Gasteiger partial charge in [-0.05, 0) is 19.1 Å². The first-order valence-corrected chi connectivity index (χ1v) is 6.59. The van der Waals surface area contributed by atoms with Gasteiger partial charge in [-0.25, -0.2) is 4.39 Å². The third-order valence-electron chi connectivity index (χ3n) is 2.95. The fraction of sp³-hybridized carbons (Fsp3) is 0.286. The Bertz CT molecular complexity index is 580. The Morgan fingerprint density at radius 3 is 2.32 bits per heavy atom. The highest BCUT2D eigenvalue weighted by Crippen LogP contribution is 2.39. The number of ether oxygens (including phenoxy) is 2. The number of furan rings is 1. The van der Waals surface area contributed by atoms with Gasteiger partial charge >= 0.3 is 0 Å². The molecular weight excluding hydrogens is 315 g/mol. The molecule has 0 fully saturated rings. The number of halogens is 2. The minimum absolute atomic E-state index is 0.300. The van der Waals surface area contributed by atoms with Gasteiger partial charge in [0.2, 0.25) is 0 Å². The van der Waals surface area contributed by atoms with Gasteiger partial charge in [0.05, 0.1) is 25.3 Å². The van der Waals surface area contributed by atoms with Crippen LogP contribution in [0.1, 0.15) is 21.7 Å². The Labute approximate surface area is 119 Å². The van der Waals surface area contributed by atoms with Gasteiger partial charge in [0.25, 0.3) is 0 Å². The van der Waals surface area contributed by atoms with Crippen LogP contribution in [0.3, 0.4) is 0 Å². The van der Waals surface area contributed by atoms with Crippen LogP contribution in [0.5, 0.6) is 11.5 Å². The van der Waals surface area contributed by atoms with Crippen molar-refractivity contribution in [3.05, 3.63) is 47.2 Å². The standard InChI is InChI=1S/C14H14BrFO3/c1-8-9(4-5-19-8)14(15)10-6-12(17-2)13(18-3)7-11(10)16/h4-7,14H,1-3H3. The monoisotopic (exact) mass is 328 g/mol. The van der Waals surface area contributed by atoms with E-state index < -0.39 is 0 Å². The molecule has 102 valence electrons. The smallest absolute Gasteiger partial charge is 0.163 e. The zero-order valence-corrected chi connectivity index (χ0v) is 12.5. The molecule has 0 aliphatic carbocycles. The molecule has 1 heterocycles. The predicted octanol–water partition coefficient (Wildman–Crippen LogP) is 4.23. The highest BCUT2D eigenvalue weighted by Gasteiger charge is 2.21. The van der Waals surface area contributed by atoms with Crippen LogP contribution in [-0.2, 0) is 0 Å². The largest absolute Gasteiger partial charge is 0.493 e. The molecule has 0 amide bonds. The van der Waals surface area contributed by atoms with E-state index in [4.69, 9.17) is 13.9 Å². The maximum Gasteiger partial charge on any atom is 0.163 e. The first-order valence-electron chi connectivity index (χ1n) is 5.68. The van der Waals surface area contributed by atoms with Crippen molar-refractivity contribution in [3.8, 4) is 11.5 Å². The molecule has 0 saturated carbocycles. The average Bonchev–Trinajstić information content (AvgIpc) is 2.83. The topological polar surface area (TPSA) is 31.6 Å². The van der Waals surface area contributed by atoms with Crippen LogP contribution in [-0.4, -0.2) is 14.2 Å². The quantitative estimate of drug-likeness (QED) is 0.787. The van der Waals surface area contributed by atoms with Crippen molar-refractivity contribution in [2.24, 2.45) is 0 Å². The SMILES string of the molecule is COc1cc(F)c(C(Br)c2ccoc2C)cc1OC. The van der Waals surface area contributed by atoms with Crippen molar-refractivity contribution in [2.75, 3.05) is 14.2 Å². The number of rotatable bonds is 4. The van der Waals surface area contributed by atoms with Crippen LogP contribution in [0.4, 0.5) is 4.39 Å². The molecule has 1 atom stereocenters.